The quantitative estimate of drug-likeness (QED) is 0.667. The molecular weight excluding hydrogens is 372 g/mol. The second-order valence-electron chi connectivity index (χ2n) is 6.43. The third-order valence-electron chi connectivity index (χ3n) is 4.03. The van der Waals surface area contributed by atoms with Gasteiger partial charge >= 0.3 is 0 Å². The summed E-state index contributed by atoms with van der Waals surface area (Å²) in [7, 11) is 3.42. The van der Waals surface area contributed by atoms with Crippen molar-refractivity contribution in [3.05, 3.63) is 78.1 Å². The first-order valence-corrected chi connectivity index (χ1v) is 9.96. The molecule has 0 aliphatic heterocycles. The second kappa shape index (κ2) is 9.23. The molecule has 1 aromatic heterocycles. The van der Waals surface area contributed by atoms with Crippen LogP contribution in [0.5, 0.6) is 0 Å². The fraction of sp³-hybridized carbons (Fsp3) is 0.190. The van der Waals surface area contributed by atoms with Crippen molar-refractivity contribution in [2.24, 2.45) is 0 Å². The Kier molecular flexibility index (Phi) is 6.49. The second-order valence-corrected chi connectivity index (χ2v) is 7.42. The van der Waals surface area contributed by atoms with Crippen LogP contribution in [-0.4, -0.2) is 46.3 Å². The Hall–Kier alpha value is -3.06. The number of hydrogen-bond acceptors (Lipinski definition) is 4. The summed E-state index contributed by atoms with van der Waals surface area (Å²) in [6.45, 7) is 0. The van der Waals surface area contributed by atoms with Crippen molar-refractivity contribution in [3.8, 4) is 5.69 Å². The molecule has 3 rings (SSSR count). The van der Waals surface area contributed by atoms with Gasteiger partial charge in [-0.15, -0.1) is 11.8 Å². The molecule has 0 atom stereocenters. The maximum atomic E-state index is 12.1. The van der Waals surface area contributed by atoms with Crippen molar-refractivity contribution in [1.82, 2.24) is 14.7 Å². The summed E-state index contributed by atoms with van der Waals surface area (Å²) in [5, 5.41) is 7.06. The van der Waals surface area contributed by atoms with Crippen LogP contribution in [0.3, 0.4) is 0 Å². The van der Waals surface area contributed by atoms with Gasteiger partial charge in [0, 0.05) is 43.5 Å². The molecule has 1 N–H and O–H groups in total. The number of amides is 2. The van der Waals surface area contributed by atoms with E-state index in [4.69, 9.17) is 0 Å². The summed E-state index contributed by atoms with van der Waals surface area (Å²) in [5.41, 5.74) is 3.44. The minimum Gasteiger partial charge on any atom is -0.345 e. The van der Waals surface area contributed by atoms with E-state index >= 15 is 0 Å². The van der Waals surface area contributed by atoms with Crippen LogP contribution in [0.1, 0.15) is 15.9 Å². The summed E-state index contributed by atoms with van der Waals surface area (Å²) in [4.78, 5) is 25.5. The van der Waals surface area contributed by atoms with Gasteiger partial charge in [0.1, 0.15) is 0 Å². The minimum atomic E-state index is -0.0650. The number of anilines is 1. The molecule has 1 heterocycles. The van der Waals surface area contributed by atoms with E-state index in [-0.39, 0.29) is 11.8 Å². The standard InChI is InChI=1S/C21H22N4O2S/c1-24(2)21(27)17-6-8-18(9-7-17)23-20(26)15-28-14-16-4-10-19(11-5-16)25-13-3-12-22-25/h3-13H,14-15H2,1-2H3,(H,23,26). The van der Waals surface area contributed by atoms with Crippen molar-refractivity contribution in [2.75, 3.05) is 25.2 Å². The van der Waals surface area contributed by atoms with Crippen LogP contribution in [0.25, 0.3) is 5.69 Å². The van der Waals surface area contributed by atoms with E-state index in [2.05, 4.69) is 10.4 Å². The Balaban J connectivity index is 1.45. The van der Waals surface area contributed by atoms with E-state index in [1.807, 2.05) is 41.2 Å². The van der Waals surface area contributed by atoms with E-state index in [0.29, 0.717) is 17.0 Å². The number of hydrogen-bond donors (Lipinski definition) is 1. The Morgan fingerprint density at radius 2 is 1.79 bits per heavy atom. The Morgan fingerprint density at radius 3 is 2.39 bits per heavy atom. The molecule has 0 spiro atoms. The maximum absolute atomic E-state index is 12.1. The molecule has 6 nitrogen and oxygen atoms in total. The van der Waals surface area contributed by atoms with E-state index in [1.165, 1.54) is 4.90 Å². The summed E-state index contributed by atoms with van der Waals surface area (Å²) in [6.07, 6.45) is 3.65. The van der Waals surface area contributed by atoms with Gasteiger partial charge in [-0.05, 0) is 48.0 Å². The molecular formula is C21H22N4O2S. The van der Waals surface area contributed by atoms with E-state index in [1.54, 1.807) is 56.3 Å². The highest BCUT2D eigenvalue weighted by Crippen LogP contribution is 2.16. The van der Waals surface area contributed by atoms with Crippen LogP contribution < -0.4 is 5.32 Å². The number of carbonyl (C=O) groups is 2. The number of nitrogens with one attached hydrogen (secondary N) is 1. The Labute approximate surface area is 168 Å². The van der Waals surface area contributed by atoms with Crippen molar-refractivity contribution >= 4 is 29.3 Å². The van der Waals surface area contributed by atoms with Gasteiger partial charge < -0.3 is 10.2 Å². The molecule has 0 aliphatic carbocycles. The first-order valence-electron chi connectivity index (χ1n) is 8.81. The van der Waals surface area contributed by atoms with Gasteiger partial charge in [-0.25, -0.2) is 4.68 Å². The monoisotopic (exact) mass is 394 g/mol. The number of nitrogens with zero attached hydrogens (tertiary/aromatic N) is 3. The first kappa shape index (κ1) is 19.7. The van der Waals surface area contributed by atoms with Crippen molar-refractivity contribution in [3.63, 3.8) is 0 Å². The largest absolute Gasteiger partial charge is 0.345 e. The number of rotatable bonds is 7. The first-order chi connectivity index (χ1) is 13.5. The maximum Gasteiger partial charge on any atom is 0.253 e. The third-order valence-corrected chi connectivity index (χ3v) is 5.03. The number of benzene rings is 2. The lowest BCUT2D eigenvalue weighted by molar-refractivity contribution is -0.113. The van der Waals surface area contributed by atoms with Crippen LogP contribution >= 0.6 is 11.8 Å². The van der Waals surface area contributed by atoms with E-state index < -0.39 is 0 Å². The van der Waals surface area contributed by atoms with Crippen molar-refractivity contribution < 1.29 is 9.59 Å². The molecule has 0 bridgehead atoms. The average molecular weight is 394 g/mol. The van der Waals surface area contributed by atoms with Crippen LogP contribution in [0.4, 0.5) is 5.69 Å². The zero-order chi connectivity index (χ0) is 19.9. The molecule has 2 aromatic carbocycles. The van der Waals surface area contributed by atoms with Gasteiger partial charge in [-0.1, -0.05) is 12.1 Å². The molecule has 0 unspecified atom stereocenters. The zero-order valence-electron chi connectivity index (χ0n) is 15.8. The van der Waals surface area contributed by atoms with Gasteiger partial charge in [0.05, 0.1) is 11.4 Å². The van der Waals surface area contributed by atoms with Crippen LogP contribution in [0.2, 0.25) is 0 Å². The zero-order valence-corrected chi connectivity index (χ0v) is 16.6. The smallest absolute Gasteiger partial charge is 0.253 e. The topological polar surface area (TPSA) is 67.2 Å². The summed E-state index contributed by atoms with van der Waals surface area (Å²) in [6, 6.07) is 16.9. The minimum absolute atomic E-state index is 0.0630. The number of aromatic nitrogens is 2. The molecule has 0 fully saturated rings. The fourth-order valence-corrected chi connectivity index (χ4v) is 3.37. The molecule has 0 radical (unpaired) electrons. The van der Waals surface area contributed by atoms with Gasteiger partial charge in [0.2, 0.25) is 5.91 Å². The van der Waals surface area contributed by atoms with E-state index in [0.717, 1.165) is 17.0 Å². The highest BCUT2D eigenvalue weighted by Gasteiger charge is 2.08. The summed E-state index contributed by atoms with van der Waals surface area (Å²) in [5.74, 6) is 0.986. The predicted molar refractivity (Wildman–Crippen MR) is 113 cm³/mol. The third kappa shape index (κ3) is 5.23. The normalized spacial score (nSPS) is 10.5. The molecule has 144 valence electrons. The SMILES string of the molecule is CN(C)C(=O)c1ccc(NC(=O)CSCc2ccc(-n3cccn3)cc2)cc1. The van der Waals surface area contributed by atoms with Gasteiger partial charge in [-0.3, -0.25) is 9.59 Å². The number of thioether (sulfide) groups is 1. The Bertz CT molecular complexity index is 920. The molecule has 3 aromatic rings. The van der Waals surface area contributed by atoms with Gasteiger partial charge in [0.15, 0.2) is 0 Å². The van der Waals surface area contributed by atoms with Gasteiger partial charge in [-0.2, -0.15) is 5.10 Å². The molecule has 2 amide bonds. The van der Waals surface area contributed by atoms with Gasteiger partial charge in [0.25, 0.3) is 5.91 Å². The lowest BCUT2D eigenvalue weighted by Crippen LogP contribution is -2.21. The molecule has 0 aliphatic rings. The molecule has 0 saturated carbocycles. The highest BCUT2D eigenvalue weighted by atomic mass is 32.2. The summed E-state index contributed by atoms with van der Waals surface area (Å²) < 4.78 is 1.81. The molecule has 0 saturated heterocycles. The fourth-order valence-electron chi connectivity index (χ4n) is 2.58. The lowest BCUT2D eigenvalue weighted by atomic mass is 10.2. The van der Waals surface area contributed by atoms with Crippen molar-refractivity contribution in [1.29, 1.82) is 0 Å². The highest BCUT2D eigenvalue weighted by molar-refractivity contribution is 7.99. The molecule has 7 heteroatoms. The van der Waals surface area contributed by atoms with Crippen LogP contribution in [0, 0.1) is 0 Å². The lowest BCUT2D eigenvalue weighted by Gasteiger charge is -2.11. The number of carbonyl (C=O) groups excluding carboxylic acids is 2. The Morgan fingerprint density at radius 1 is 1.07 bits per heavy atom. The van der Waals surface area contributed by atoms with E-state index in [9.17, 15) is 9.59 Å². The summed E-state index contributed by atoms with van der Waals surface area (Å²) >= 11 is 1.55. The average Bonchev–Trinajstić information content (AvgIpc) is 3.23. The molecule has 28 heavy (non-hydrogen) atoms. The van der Waals surface area contributed by atoms with Crippen LogP contribution in [-0.2, 0) is 10.5 Å². The van der Waals surface area contributed by atoms with Crippen LogP contribution in [0.15, 0.2) is 67.0 Å². The predicted octanol–water partition coefficient (Wildman–Crippen LogP) is 3.45. The van der Waals surface area contributed by atoms with Crippen molar-refractivity contribution in [2.45, 2.75) is 5.75 Å².